The van der Waals surface area contributed by atoms with Crippen LogP contribution in [0.25, 0.3) is 0 Å². The van der Waals surface area contributed by atoms with Gasteiger partial charge in [-0.2, -0.15) is 0 Å². The molecule has 6 rings (SSSR count). The topological polar surface area (TPSA) is 197 Å². The van der Waals surface area contributed by atoms with Crippen molar-refractivity contribution in [2.45, 2.75) is 123 Å². The van der Waals surface area contributed by atoms with Gasteiger partial charge in [-0.3, -0.25) is 33.8 Å². The summed E-state index contributed by atoms with van der Waals surface area (Å²) in [6.45, 7) is 12.9. The third-order valence-corrected chi connectivity index (χ3v) is 12.7. The van der Waals surface area contributed by atoms with Crippen LogP contribution in [0.5, 0.6) is 0 Å². The molecule has 0 radical (unpaired) electrons. The maximum absolute atomic E-state index is 15.6. The predicted molar refractivity (Wildman–Crippen MR) is 183 cm³/mol. The first-order valence-corrected chi connectivity index (χ1v) is 18.5. The molecule has 3 unspecified atom stereocenters. The van der Waals surface area contributed by atoms with E-state index in [0.717, 1.165) is 6.92 Å². The molecule has 4 saturated carbocycles. The minimum atomic E-state index is -1.91. The zero-order chi connectivity index (χ0) is 39.7. The summed E-state index contributed by atoms with van der Waals surface area (Å²) in [5.41, 5.74) is -6.62. The Morgan fingerprint density at radius 3 is 2.15 bits per heavy atom. The van der Waals surface area contributed by atoms with Crippen LogP contribution in [0.15, 0.2) is 24.5 Å². The second-order valence-corrected chi connectivity index (χ2v) is 16.2. The average molecular weight is 756 g/mol. The number of rotatable bonds is 9. The van der Waals surface area contributed by atoms with Crippen LogP contribution in [0.3, 0.4) is 0 Å². The van der Waals surface area contributed by atoms with Gasteiger partial charge in [0.2, 0.25) is 0 Å². The first kappa shape index (κ1) is 39.3. The van der Waals surface area contributed by atoms with E-state index >= 15 is 4.79 Å². The third kappa shape index (κ3) is 5.88. The number of ether oxygens (including phenoxy) is 7. The van der Waals surface area contributed by atoms with Crippen LogP contribution in [0.4, 0.5) is 0 Å². The van der Waals surface area contributed by atoms with Gasteiger partial charge < -0.3 is 33.2 Å². The Morgan fingerprint density at radius 1 is 0.907 bits per heavy atom. The highest BCUT2D eigenvalue weighted by Gasteiger charge is 2.86. The minimum Gasteiger partial charge on any atom is -0.461 e. The lowest BCUT2D eigenvalue weighted by Gasteiger charge is -2.64. The highest BCUT2D eigenvalue weighted by atomic mass is 16.6. The number of nitrogens with zero attached hydrogens (tertiary/aromatic N) is 1. The molecule has 0 N–H and O–H groups in total. The number of pyridine rings is 1. The van der Waals surface area contributed by atoms with Crippen LogP contribution in [0, 0.1) is 40.9 Å². The maximum atomic E-state index is 15.6. The lowest BCUT2D eigenvalue weighted by atomic mass is 9.42. The van der Waals surface area contributed by atoms with Crippen molar-refractivity contribution in [1.29, 1.82) is 0 Å². The van der Waals surface area contributed by atoms with Crippen LogP contribution >= 0.6 is 0 Å². The van der Waals surface area contributed by atoms with Gasteiger partial charge in [0, 0.05) is 57.8 Å². The molecule has 0 spiro atoms. The molecule has 1 aromatic rings. The third-order valence-electron chi connectivity index (χ3n) is 12.7. The highest BCUT2D eigenvalue weighted by Crippen LogP contribution is 2.73. The van der Waals surface area contributed by atoms with E-state index in [4.69, 9.17) is 33.2 Å². The Bertz CT molecular complexity index is 1750. The van der Waals surface area contributed by atoms with Crippen LogP contribution in [-0.2, 0) is 61.9 Å². The number of Topliss-reactive ketones (excluding diaryl/α,β-unsaturated/α-hetero) is 1. The zero-order valence-corrected chi connectivity index (χ0v) is 32.1. The number of ketones is 1. The second-order valence-electron chi connectivity index (χ2n) is 16.2. The number of hydrogen-bond donors (Lipinski definition) is 0. The summed E-state index contributed by atoms with van der Waals surface area (Å²) in [5, 5.41) is 0. The van der Waals surface area contributed by atoms with Crippen molar-refractivity contribution >= 4 is 41.6 Å². The predicted octanol–water partition coefficient (Wildman–Crippen LogP) is 3.33. The van der Waals surface area contributed by atoms with Gasteiger partial charge in [0.25, 0.3) is 0 Å². The van der Waals surface area contributed by atoms with Crippen LogP contribution in [0.2, 0.25) is 0 Å². The van der Waals surface area contributed by atoms with E-state index in [9.17, 15) is 28.8 Å². The lowest BCUT2D eigenvalue weighted by molar-refractivity contribution is -0.261. The minimum absolute atomic E-state index is 0.0738. The van der Waals surface area contributed by atoms with Crippen molar-refractivity contribution in [3.63, 3.8) is 0 Å². The van der Waals surface area contributed by atoms with Gasteiger partial charge >= 0.3 is 35.8 Å². The van der Waals surface area contributed by atoms with E-state index in [1.54, 1.807) is 33.8 Å². The first-order valence-electron chi connectivity index (χ1n) is 18.5. The van der Waals surface area contributed by atoms with Crippen LogP contribution in [-0.4, -0.2) is 94.4 Å². The van der Waals surface area contributed by atoms with Gasteiger partial charge in [0.05, 0.1) is 29.4 Å². The van der Waals surface area contributed by atoms with Crippen molar-refractivity contribution in [3.05, 3.63) is 30.1 Å². The van der Waals surface area contributed by atoms with Gasteiger partial charge in [0.1, 0.15) is 23.4 Å². The number of carbonyl (C=O) groups is 7. The molecule has 1 aromatic heterocycles. The van der Waals surface area contributed by atoms with Gasteiger partial charge in [-0.1, -0.05) is 20.8 Å². The molecule has 4 aliphatic carbocycles. The van der Waals surface area contributed by atoms with Gasteiger partial charge in [0.15, 0.2) is 23.6 Å². The Balaban J connectivity index is 1.65. The molecule has 0 amide bonds. The Morgan fingerprint density at radius 2 is 1.57 bits per heavy atom. The summed E-state index contributed by atoms with van der Waals surface area (Å²) in [5.74, 6) is -10.0. The fraction of sp³-hybridized carbons (Fsp3) is 0.692. The molecule has 15 heteroatoms. The van der Waals surface area contributed by atoms with Crippen molar-refractivity contribution in [2.24, 2.45) is 40.9 Å². The molecule has 14 atom stereocenters. The van der Waals surface area contributed by atoms with E-state index in [2.05, 4.69) is 4.98 Å². The summed E-state index contributed by atoms with van der Waals surface area (Å²) >= 11 is 0. The molecule has 5 aliphatic rings. The van der Waals surface area contributed by atoms with E-state index < -0.39 is 130 Å². The van der Waals surface area contributed by atoms with Crippen LogP contribution in [0.1, 0.15) is 91.9 Å². The molecule has 1 saturated heterocycles. The zero-order valence-electron chi connectivity index (χ0n) is 32.1. The van der Waals surface area contributed by atoms with Gasteiger partial charge in [-0.05, 0) is 51.2 Å². The van der Waals surface area contributed by atoms with Crippen molar-refractivity contribution in [2.75, 3.05) is 6.61 Å². The molecule has 54 heavy (non-hydrogen) atoms. The SMILES string of the molecule is CCC(C)C(=O)O[C@H]1C(=O)[C@@]23CO[C@@](C)([C@H](OC(C)=O)[C@@]4(OC(C)=O)C[C@H](C)[C@H](OC(=O)c5cccnc5)[C@@H]4[C@H]2OC(C)=O)[C@@H]3C2C1C[C@]2(C)OC(C)=O. The largest absolute Gasteiger partial charge is 0.461 e. The number of aromatic nitrogens is 1. The summed E-state index contributed by atoms with van der Waals surface area (Å²) in [6, 6.07) is 3.06. The average Bonchev–Trinajstić information content (AvgIpc) is 3.52. The highest BCUT2D eigenvalue weighted by molar-refractivity contribution is 5.95. The fourth-order valence-corrected chi connectivity index (χ4v) is 10.8. The van der Waals surface area contributed by atoms with E-state index in [1.807, 2.05) is 6.92 Å². The molecule has 2 heterocycles. The molecular formula is C39H49NO14. The summed E-state index contributed by atoms with van der Waals surface area (Å²) in [6.07, 6.45) is -2.32. The Hall–Kier alpha value is -4.40. The molecule has 1 aliphatic heterocycles. The summed E-state index contributed by atoms with van der Waals surface area (Å²) < 4.78 is 43.8. The standard InChI is InChI=1S/C39H49NO14/c1-10-18(2)33(46)52-29-25-15-36(8,53-22(6)43)26(25)30-37(9)35(50-21(5)42)39(54-23(7)44)14-19(3)28(51-34(47)24-12-11-13-40-16-24)27(39)32(49-20(4)41)38(30,17-48-37)31(29)45/h11-13,16,18-19,25-30,32,35H,10,14-15,17H2,1-9H3/t18?,19-,25?,26?,27+,28-,29+,30-,32+,35-,36-,37+,38-,39+/m0/s1. The Labute approximate surface area is 313 Å². The number of esters is 6. The summed E-state index contributed by atoms with van der Waals surface area (Å²) in [4.78, 5) is 99.3. The first-order chi connectivity index (χ1) is 25.3. The van der Waals surface area contributed by atoms with E-state index in [0.29, 0.717) is 6.42 Å². The molecular weight excluding hydrogens is 706 g/mol. The van der Waals surface area contributed by atoms with E-state index in [1.165, 1.54) is 39.2 Å². The van der Waals surface area contributed by atoms with Crippen molar-refractivity contribution in [3.8, 4) is 0 Å². The second kappa shape index (κ2) is 13.7. The quantitative estimate of drug-likeness (QED) is 0.263. The maximum Gasteiger partial charge on any atom is 0.339 e. The van der Waals surface area contributed by atoms with Gasteiger partial charge in [-0.25, -0.2) is 4.79 Å². The number of carbonyl (C=O) groups excluding carboxylic acids is 7. The smallest absolute Gasteiger partial charge is 0.339 e. The normalized spacial score (nSPS) is 40.6. The van der Waals surface area contributed by atoms with Crippen LogP contribution < -0.4 is 0 Å². The monoisotopic (exact) mass is 755 g/mol. The Kier molecular flexibility index (Phi) is 9.98. The molecule has 15 nitrogen and oxygen atoms in total. The fourth-order valence-electron chi connectivity index (χ4n) is 10.8. The van der Waals surface area contributed by atoms with Crippen molar-refractivity contribution < 1.29 is 66.7 Å². The number of hydrogen-bond acceptors (Lipinski definition) is 15. The van der Waals surface area contributed by atoms with E-state index in [-0.39, 0.29) is 18.4 Å². The molecule has 0 aromatic carbocycles. The molecule has 2 bridgehead atoms. The lowest BCUT2D eigenvalue weighted by Crippen LogP contribution is -2.75. The molecule has 5 fully saturated rings. The van der Waals surface area contributed by atoms with Crippen molar-refractivity contribution in [1.82, 2.24) is 4.98 Å². The summed E-state index contributed by atoms with van der Waals surface area (Å²) in [7, 11) is 0. The molecule has 294 valence electrons. The number of fused-ring (bicyclic) bond motifs is 2. The van der Waals surface area contributed by atoms with Gasteiger partial charge in [-0.15, -0.1) is 0 Å².